The van der Waals surface area contributed by atoms with Crippen LogP contribution in [0.4, 0.5) is 0 Å². The molecule has 0 fully saturated rings. The highest BCUT2D eigenvalue weighted by Crippen LogP contribution is 2.40. The first kappa shape index (κ1) is 17.6. The Bertz CT molecular complexity index is 480. The summed E-state index contributed by atoms with van der Waals surface area (Å²) in [4.78, 5) is 0. The van der Waals surface area contributed by atoms with E-state index < -0.39 is 8.07 Å². The summed E-state index contributed by atoms with van der Waals surface area (Å²) >= 11 is 12.1. The summed E-state index contributed by atoms with van der Waals surface area (Å²) in [6, 6.07) is 5.52. The minimum absolute atomic E-state index is 0.629. The Morgan fingerprint density at radius 3 is 1.55 bits per heavy atom. The molecule has 3 heteroatoms. The molecule has 0 heterocycles. The third-order valence-corrected chi connectivity index (χ3v) is 10.9. The molecule has 0 amide bonds. The topological polar surface area (TPSA) is 0 Å². The quantitative estimate of drug-likeness (QED) is 0.435. The van der Waals surface area contributed by atoms with E-state index in [1.165, 1.54) is 0 Å². The van der Waals surface area contributed by atoms with Gasteiger partial charge in [-0.25, -0.2) is 0 Å². The second-order valence-corrected chi connectivity index (χ2v) is 12.8. The van der Waals surface area contributed by atoms with Crippen LogP contribution in [0.2, 0.25) is 26.7 Å². The fourth-order valence-electron chi connectivity index (χ4n) is 3.24. The molecule has 0 N–H and O–H groups in total. The molecule has 0 aromatic heterocycles. The smallest absolute Gasteiger partial charge is 0.125 e. The molecule has 1 rings (SSSR count). The molecular formula is C17H24Cl2Si. The van der Waals surface area contributed by atoms with Crippen molar-refractivity contribution in [2.24, 2.45) is 0 Å². The third kappa shape index (κ3) is 3.82. The number of benzene rings is 1. The molecule has 0 aliphatic heterocycles. The maximum atomic E-state index is 6.05. The van der Waals surface area contributed by atoms with E-state index in [9.17, 15) is 0 Å². The van der Waals surface area contributed by atoms with Gasteiger partial charge in [-0.2, -0.15) is 0 Å². The predicted octanol–water partition coefficient (Wildman–Crippen LogP) is 6.56. The highest BCUT2D eigenvalue weighted by Gasteiger charge is 2.41. The lowest BCUT2D eigenvalue weighted by molar-refractivity contribution is 0.838. The molecule has 0 atom stereocenters. The van der Waals surface area contributed by atoms with E-state index in [-0.39, 0.29) is 0 Å². The summed E-state index contributed by atoms with van der Waals surface area (Å²) in [7, 11) is -1.69. The maximum Gasteiger partial charge on any atom is 0.146 e. The van der Waals surface area contributed by atoms with Crippen molar-refractivity contribution in [1.82, 2.24) is 0 Å². The first-order valence-corrected chi connectivity index (χ1v) is 10.2. The molecule has 0 aliphatic carbocycles. The first-order valence-electron chi connectivity index (χ1n) is 7.19. The van der Waals surface area contributed by atoms with E-state index in [4.69, 9.17) is 23.2 Å². The molecule has 0 spiro atoms. The van der Waals surface area contributed by atoms with Gasteiger partial charge in [-0.05, 0) is 34.8 Å². The van der Waals surface area contributed by atoms with Crippen molar-refractivity contribution in [2.45, 2.75) is 58.2 Å². The normalized spacial score (nSPS) is 11.9. The lowest BCUT2D eigenvalue weighted by atomic mass is 10.2. The van der Waals surface area contributed by atoms with Crippen molar-refractivity contribution < 1.29 is 0 Å². The Balaban J connectivity index is 3.30. The summed E-state index contributed by atoms with van der Waals surface area (Å²) in [5, 5.41) is 1.29. The van der Waals surface area contributed by atoms with Crippen molar-refractivity contribution in [2.75, 3.05) is 0 Å². The highest BCUT2D eigenvalue weighted by molar-refractivity contribution is 6.90. The Kier molecular flexibility index (Phi) is 6.19. The van der Waals surface area contributed by atoms with Crippen LogP contribution in [0.15, 0.2) is 18.2 Å². The minimum Gasteiger partial charge on any atom is -0.125 e. The van der Waals surface area contributed by atoms with E-state index in [2.05, 4.69) is 53.0 Å². The van der Waals surface area contributed by atoms with E-state index >= 15 is 0 Å². The van der Waals surface area contributed by atoms with Crippen LogP contribution < -0.4 is 0 Å². The molecule has 0 nitrogen and oxygen atoms in total. The van der Waals surface area contributed by atoms with Crippen LogP contribution in [-0.4, -0.2) is 8.07 Å². The molecule has 110 valence electrons. The zero-order valence-electron chi connectivity index (χ0n) is 13.2. The molecule has 20 heavy (non-hydrogen) atoms. The Labute approximate surface area is 134 Å². The van der Waals surface area contributed by atoms with Crippen LogP contribution in [0, 0.1) is 11.5 Å². The fraction of sp³-hybridized carbons (Fsp3) is 0.529. The van der Waals surface area contributed by atoms with E-state index in [1.807, 2.05) is 12.1 Å². The van der Waals surface area contributed by atoms with Gasteiger partial charge in [0.2, 0.25) is 0 Å². The summed E-state index contributed by atoms with van der Waals surface area (Å²) in [5.41, 5.74) is 6.48. The van der Waals surface area contributed by atoms with E-state index in [0.717, 1.165) is 5.56 Å². The van der Waals surface area contributed by atoms with Gasteiger partial charge in [0.05, 0.1) is 0 Å². The van der Waals surface area contributed by atoms with Crippen molar-refractivity contribution in [3.63, 3.8) is 0 Å². The van der Waals surface area contributed by atoms with Crippen molar-refractivity contribution in [1.29, 1.82) is 0 Å². The largest absolute Gasteiger partial charge is 0.146 e. The van der Waals surface area contributed by atoms with Crippen molar-refractivity contribution >= 4 is 31.3 Å². The van der Waals surface area contributed by atoms with Crippen LogP contribution in [-0.2, 0) is 0 Å². The van der Waals surface area contributed by atoms with Gasteiger partial charge in [-0.1, -0.05) is 70.7 Å². The average molecular weight is 327 g/mol. The average Bonchev–Trinajstić information content (AvgIpc) is 2.26. The van der Waals surface area contributed by atoms with Crippen LogP contribution in [0.1, 0.15) is 47.1 Å². The van der Waals surface area contributed by atoms with Crippen molar-refractivity contribution in [3.05, 3.63) is 33.8 Å². The fourth-order valence-corrected chi connectivity index (χ4v) is 8.99. The van der Waals surface area contributed by atoms with Gasteiger partial charge in [0, 0.05) is 15.6 Å². The SMILES string of the molecule is CC(C)[Si](C#Cc1cc(Cl)cc(Cl)c1)(C(C)C)C(C)C. The lowest BCUT2D eigenvalue weighted by Gasteiger charge is -2.38. The zero-order valence-corrected chi connectivity index (χ0v) is 15.7. The lowest BCUT2D eigenvalue weighted by Crippen LogP contribution is -2.43. The van der Waals surface area contributed by atoms with Crippen molar-refractivity contribution in [3.8, 4) is 11.5 Å². The second-order valence-electron chi connectivity index (χ2n) is 6.31. The molecule has 0 radical (unpaired) electrons. The van der Waals surface area contributed by atoms with Crippen LogP contribution in [0.25, 0.3) is 0 Å². The second kappa shape index (κ2) is 7.03. The van der Waals surface area contributed by atoms with Gasteiger partial charge < -0.3 is 0 Å². The standard InChI is InChI=1S/C17H24Cl2Si/c1-12(2)20(13(3)4,14(5)6)8-7-15-9-16(18)11-17(19)10-15/h9-14H,1-6H3. The van der Waals surface area contributed by atoms with Gasteiger partial charge in [0.25, 0.3) is 0 Å². The Hall–Kier alpha value is -0.423. The number of rotatable bonds is 3. The van der Waals surface area contributed by atoms with E-state index in [1.54, 1.807) is 6.07 Å². The molecule has 1 aromatic carbocycles. The Morgan fingerprint density at radius 2 is 1.20 bits per heavy atom. The first-order chi connectivity index (χ1) is 9.20. The predicted molar refractivity (Wildman–Crippen MR) is 94.4 cm³/mol. The van der Waals surface area contributed by atoms with Crippen LogP contribution >= 0.6 is 23.2 Å². The van der Waals surface area contributed by atoms with Gasteiger partial charge in [0.15, 0.2) is 0 Å². The molecular weight excluding hydrogens is 303 g/mol. The van der Waals surface area contributed by atoms with Gasteiger partial charge >= 0.3 is 0 Å². The summed E-state index contributed by atoms with van der Waals surface area (Å²) in [5.74, 6) is 3.35. The number of hydrogen-bond acceptors (Lipinski definition) is 0. The molecule has 0 saturated heterocycles. The molecule has 0 aliphatic rings. The van der Waals surface area contributed by atoms with Gasteiger partial charge in [-0.3, -0.25) is 0 Å². The molecule has 0 unspecified atom stereocenters. The summed E-state index contributed by atoms with van der Waals surface area (Å²) < 4.78 is 0. The highest BCUT2D eigenvalue weighted by atomic mass is 35.5. The third-order valence-electron chi connectivity index (χ3n) is 4.15. The molecule has 0 bridgehead atoms. The van der Waals surface area contributed by atoms with Gasteiger partial charge in [0.1, 0.15) is 8.07 Å². The number of hydrogen-bond donors (Lipinski definition) is 0. The summed E-state index contributed by atoms with van der Waals surface area (Å²) in [6.45, 7) is 13.9. The zero-order chi connectivity index (χ0) is 15.5. The van der Waals surface area contributed by atoms with Gasteiger partial charge in [-0.15, -0.1) is 5.54 Å². The minimum atomic E-state index is -1.69. The summed E-state index contributed by atoms with van der Waals surface area (Å²) in [6.07, 6.45) is 0. The molecule has 1 aromatic rings. The van der Waals surface area contributed by atoms with Crippen LogP contribution in [0.5, 0.6) is 0 Å². The number of halogens is 2. The van der Waals surface area contributed by atoms with E-state index in [0.29, 0.717) is 26.7 Å². The molecule has 0 saturated carbocycles. The maximum absolute atomic E-state index is 6.05. The Morgan fingerprint density at radius 1 is 0.800 bits per heavy atom. The van der Waals surface area contributed by atoms with Crippen LogP contribution in [0.3, 0.4) is 0 Å². The monoisotopic (exact) mass is 326 g/mol.